The zero-order valence-electron chi connectivity index (χ0n) is 15.9. The van der Waals surface area contributed by atoms with E-state index in [4.69, 9.17) is 0 Å². The van der Waals surface area contributed by atoms with Crippen LogP contribution in [0.2, 0.25) is 0 Å². The van der Waals surface area contributed by atoms with E-state index in [1.54, 1.807) is 18.3 Å². The van der Waals surface area contributed by atoms with Gasteiger partial charge in [0, 0.05) is 24.4 Å². The van der Waals surface area contributed by atoms with Gasteiger partial charge in [-0.2, -0.15) is 0 Å². The summed E-state index contributed by atoms with van der Waals surface area (Å²) in [6.45, 7) is 4.45. The molecule has 2 aromatic rings. The predicted molar refractivity (Wildman–Crippen MR) is 107 cm³/mol. The molecule has 1 amide bonds. The van der Waals surface area contributed by atoms with Crippen LogP contribution in [0.3, 0.4) is 0 Å². The summed E-state index contributed by atoms with van der Waals surface area (Å²) in [6.07, 6.45) is 3.70. The summed E-state index contributed by atoms with van der Waals surface area (Å²) < 4.78 is 0. The molecule has 1 fully saturated rings. The van der Waals surface area contributed by atoms with E-state index in [2.05, 4.69) is 20.9 Å². The van der Waals surface area contributed by atoms with Gasteiger partial charge in [-0.1, -0.05) is 6.07 Å². The minimum atomic E-state index is -0.478. The van der Waals surface area contributed by atoms with E-state index >= 15 is 0 Å². The van der Waals surface area contributed by atoms with Gasteiger partial charge in [0.15, 0.2) is 0 Å². The van der Waals surface area contributed by atoms with Crippen LogP contribution < -0.4 is 16.0 Å². The van der Waals surface area contributed by atoms with Crippen molar-refractivity contribution in [3.05, 3.63) is 64.0 Å². The third-order valence-corrected chi connectivity index (χ3v) is 4.96. The van der Waals surface area contributed by atoms with Crippen molar-refractivity contribution in [2.24, 2.45) is 5.92 Å². The predicted octanol–water partition coefficient (Wildman–Crippen LogP) is 2.89. The van der Waals surface area contributed by atoms with Gasteiger partial charge in [0.2, 0.25) is 0 Å². The number of hydrogen-bond donors (Lipinski definition) is 3. The number of amides is 1. The molecular weight excluding hydrogens is 358 g/mol. The van der Waals surface area contributed by atoms with Gasteiger partial charge in [-0.3, -0.25) is 19.9 Å². The molecule has 0 aliphatic carbocycles. The molecule has 2 atom stereocenters. The van der Waals surface area contributed by atoms with Crippen LogP contribution in [-0.2, 0) is 0 Å². The van der Waals surface area contributed by atoms with Gasteiger partial charge in [-0.05, 0) is 63.0 Å². The lowest BCUT2D eigenvalue weighted by atomic mass is 10.1. The Morgan fingerprint density at radius 2 is 2.25 bits per heavy atom. The topological polar surface area (TPSA) is 109 Å². The second kappa shape index (κ2) is 9.27. The number of benzene rings is 1. The van der Waals surface area contributed by atoms with Crippen LogP contribution in [0.5, 0.6) is 0 Å². The molecule has 3 N–H and O–H groups in total. The molecule has 0 radical (unpaired) electrons. The third kappa shape index (κ3) is 5.04. The standard InChI is InChI=1S/C20H25N5O3/c1-14(17-4-2-3-9-22-17)24-18-6-5-16(12-19(18)25(27)28)20(26)23-11-8-15-7-10-21-13-15/h2-6,9,12,14-15,21,24H,7-8,10-11,13H2,1H3,(H,23,26). The average molecular weight is 383 g/mol. The Labute approximate surface area is 163 Å². The van der Waals surface area contributed by atoms with Crippen molar-refractivity contribution in [2.75, 3.05) is 25.0 Å². The maximum Gasteiger partial charge on any atom is 0.293 e. The van der Waals surface area contributed by atoms with Crippen molar-refractivity contribution in [2.45, 2.75) is 25.8 Å². The molecule has 1 saturated heterocycles. The summed E-state index contributed by atoms with van der Waals surface area (Å²) in [5.41, 5.74) is 1.29. The molecule has 1 aromatic heterocycles. The van der Waals surface area contributed by atoms with Crippen molar-refractivity contribution >= 4 is 17.3 Å². The highest BCUT2D eigenvalue weighted by Crippen LogP contribution is 2.29. The molecule has 1 aliphatic heterocycles. The Morgan fingerprint density at radius 3 is 2.93 bits per heavy atom. The van der Waals surface area contributed by atoms with Crippen molar-refractivity contribution in [1.29, 1.82) is 0 Å². The lowest BCUT2D eigenvalue weighted by Crippen LogP contribution is -2.26. The highest BCUT2D eigenvalue weighted by Gasteiger charge is 2.20. The molecule has 2 heterocycles. The number of hydrogen-bond acceptors (Lipinski definition) is 6. The quantitative estimate of drug-likeness (QED) is 0.478. The van der Waals surface area contributed by atoms with Crippen molar-refractivity contribution in [3.63, 3.8) is 0 Å². The highest BCUT2D eigenvalue weighted by molar-refractivity contribution is 5.95. The minimum Gasteiger partial charge on any atom is -0.371 e. The molecule has 1 aromatic carbocycles. The number of carbonyl (C=O) groups is 1. The lowest BCUT2D eigenvalue weighted by molar-refractivity contribution is -0.384. The Kier molecular flexibility index (Phi) is 6.54. The van der Waals surface area contributed by atoms with Crippen molar-refractivity contribution < 1.29 is 9.72 Å². The molecule has 0 saturated carbocycles. The molecule has 3 rings (SSSR count). The number of aromatic nitrogens is 1. The Morgan fingerprint density at radius 1 is 1.39 bits per heavy atom. The molecule has 148 valence electrons. The average Bonchev–Trinajstić information content (AvgIpc) is 3.22. The van der Waals surface area contributed by atoms with Crippen LogP contribution in [0, 0.1) is 16.0 Å². The van der Waals surface area contributed by atoms with Crippen LogP contribution in [-0.4, -0.2) is 35.4 Å². The minimum absolute atomic E-state index is 0.129. The zero-order valence-corrected chi connectivity index (χ0v) is 15.9. The van der Waals surface area contributed by atoms with Gasteiger partial charge in [0.25, 0.3) is 11.6 Å². The van der Waals surface area contributed by atoms with Crippen LogP contribution in [0.4, 0.5) is 11.4 Å². The summed E-state index contributed by atoms with van der Waals surface area (Å²) >= 11 is 0. The number of nitrogens with one attached hydrogen (secondary N) is 3. The Balaban J connectivity index is 1.66. The molecule has 2 unspecified atom stereocenters. The fraction of sp³-hybridized carbons (Fsp3) is 0.400. The number of anilines is 1. The smallest absolute Gasteiger partial charge is 0.293 e. The second-order valence-electron chi connectivity index (χ2n) is 7.01. The number of rotatable bonds is 8. The van der Waals surface area contributed by atoms with E-state index in [1.807, 2.05) is 25.1 Å². The van der Waals surface area contributed by atoms with Gasteiger partial charge >= 0.3 is 0 Å². The van der Waals surface area contributed by atoms with E-state index in [1.165, 1.54) is 6.07 Å². The summed E-state index contributed by atoms with van der Waals surface area (Å²) in [6, 6.07) is 9.82. The van der Waals surface area contributed by atoms with Crippen LogP contribution in [0.1, 0.15) is 41.9 Å². The van der Waals surface area contributed by atoms with E-state index in [0.717, 1.165) is 31.6 Å². The Hall–Kier alpha value is -3.00. The number of pyridine rings is 1. The maximum atomic E-state index is 12.4. The van der Waals surface area contributed by atoms with E-state index in [0.29, 0.717) is 18.2 Å². The number of nitro benzene ring substituents is 1. The molecule has 8 heteroatoms. The first-order chi connectivity index (χ1) is 13.5. The number of nitro groups is 1. The normalized spacial score (nSPS) is 17.1. The van der Waals surface area contributed by atoms with E-state index in [9.17, 15) is 14.9 Å². The highest BCUT2D eigenvalue weighted by atomic mass is 16.6. The van der Waals surface area contributed by atoms with Crippen LogP contribution in [0.25, 0.3) is 0 Å². The lowest BCUT2D eigenvalue weighted by Gasteiger charge is -2.15. The fourth-order valence-corrected chi connectivity index (χ4v) is 3.34. The summed E-state index contributed by atoms with van der Waals surface area (Å²) in [5.74, 6) is 0.285. The second-order valence-corrected chi connectivity index (χ2v) is 7.01. The van der Waals surface area contributed by atoms with Crippen LogP contribution in [0.15, 0.2) is 42.6 Å². The monoisotopic (exact) mass is 383 g/mol. The fourth-order valence-electron chi connectivity index (χ4n) is 3.34. The molecule has 0 bridgehead atoms. The van der Waals surface area contributed by atoms with Gasteiger partial charge in [-0.15, -0.1) is 0 Å². The Bertz CT molecular complexity index is 822. The van der Waals surface area contributed by atoms with Gasteiger partial charge in [0.05, 0.1) is 16.7 Å². The van der Waals surface area contributed by atoms with Crippen molar-refractivity contribution in [1.82, 2.24) is 15.6 Å². The first kappa shape index (κ1) is 19.8. The summed E-state index contributed by atoms with van der Waals surface area (Å²) in [5, 5.41) is 20.8. The van der Waals surface area contributed by atoms with E-state index in [-0.39, 0.29) is 23.2 Å². The van der Waals surface area contributed by atoms with Crippen molar-refractivity contribution in [3.8, 4) is 0 Å². The summed E-state index contributed by atoms with van der Waals surface area (Å²) in [7, 11) is 0. The molecule has 8 nitrogen and oxygen atoms in total. The summed E-state index contributed by atoms with van der Waals surface area (Å²) in [4.78, 5) is 27.7. The van der Waals surface area contributed by atoms with Crippen LogP contribution >= 0.6 is 0 Å². The number of carbonyl (C=O) groups excluding carboxylic acids is 1. The molecular formula is C20H25N5O3. The van der Waals surface area contributed by atoms with Gasteiger partial charge in [-0.25, -0.2) is 0 Å². The first-order valence-electron chi connectivity index (χ1n) is 9.49. The maximum absolute atomic E-state index is 12.4. The first-order valence-corrected chi connectivity index (χ1v) is 9.49. The third-order valence-electron chi connectivity index (χ3n) is 4.96. The van der Waals surface area contributed by atoms with Gasteiger partial charge in [0.1, 0.15) is 5.69 Å². The zero-order chi connectivity index (χ0) is 19.9. The molecule has 28 heavy (non-hydrogen) atoms. The SMILES string of the molecule is CC(Nc1ccc(C(=O)NCCC2CCNC2)cc1[N+](=O)[O-])c1ccccn1. The largest absolute Gasteiger partial charge is 0.371 e. The molecule has 1 aliphatic rings. The van der Waals surface area contributed by atoms with E-state index < -0.39 is 4.92 Å². The van der Waals surface area contributed by atoms with Gasteiger partial charge < -0.3 is 16.0 Å². The molecule has 0 spiro atoms. The number of nitrogens with zero attached hydrogens (tertiary/aromatic N) is 2.